The molecule has 0 spiro atoms. The Kier molecular flexibility index (Phi) is 3.77. The summed E-state index contributed by atoms with van der Waals surface area (Å²) >= 11 is 0. The molecular formula is C17H15N5O3S. The first-order valence-electron chi connectivity index (χ1n) is 7.89. The van der Waals surface area contributed by atoms with Gasteiger partial charge in [0.1, 0.15) is 11.4 Å². The van der Waals surface area contributed by atoms with E-state index in [1.54, 1.807) is 35.1 Å². The summed E-state index contributed by atoms with van der Waals surface area (Å²) in [6.07, 6.45) is 9.92. The van der Waals surface area contributed by atoms with Crippen molar-refractivity contribution in [2.24, 2.45) is 0 Å². The molecule has 8 nitrogen and oxygen atoms in total. The van der Waals surface area contributed by atoms with E-state index in [9.17, 15) is 8.42 Å². The van der Waals surface area contributed by atoms with Crippen LogP contribution in [-0.2, 0) is 10.0 Å². The second kappa shape index (κ2) is 6.00. The molecule has 0 unspecified atom stereocenters. The number of nitrogens with zero attached hydrogens (tertiary/aromatic N) is 4. The first kappa shape index (κ1) is 16.4. The summed E-state index contributed by atoms with van der Waals surface area (Å²) in [5.74, 6) is 2.72. The first-order valence-corrected chi connectivity index (χ1v) is 9.44. The van der Waals surface area contributed by atoms with Gasteiger partial charge < -0.3 is 4.74 Å². The van der Waals surface area contributed by atoms with E-state index in [4.69, 9.17) is 11.2 Å². The number of methoxy groups -OCH3 is 1. The molecular weight excluding hydrogens is 354 g/mol. The lowest BCUT2D eigenvalue weighted by Crippen LogP contribution is -2.18. The molecule has 1 saturated carbocycles. The zero-order chi connectivity index (χ0) is 18.3. The Balaban J connectivity index is 1.77. The SMILES string of the molecule is C#Cc1cnc2ccc(-c3cnc(OC)c(NS(=O)(=O)C4CC4)c3)nn12. The van der Waals surface area contributed by atoms with E-state index in [2.05, 4.69) is 25.7 Å². The van der Waals surface area contributed by atoms with Crippen LogP contribution >= 0.6 is 0 Å². The predicted molar refractivity (Wildman–Crippen MR) is 96.3 cm³/mol. The van der Waals surface area contributed by atoms with Crippen LogP contribution in [0.4, 0.5) is 5.69 Å². The molecule has 9 heteroatoms. The highest BCUT2D eigenvalue weighted by Crippen LogP contribution is 2.33. The Bertz CT molecular complexity index is 1140. The topological polar surface area (TPSA) is 98.5 Å². The fourth-order valence-corrected chi connectivity index (χ4v) is 3.94. The fourth-order valence-electron chi connectivity index (χ4n) is 2.57. The predicted octanol–water partition coefficient (Wildman–Crippen LogP) is 1.69. The minimum Gasteiger partial charge on any atom is -0.480 e. The highest BCUT2D eigenvalue weighted by molar-refractivity contribution is 7.93. The third-order valence-electron chi connectivity index (χ3n) is 4.07. The molecule has 1 N–H and O–H groups in total. The van der Waals surface area contributed by atoms with Gasteiger partial charge in [-0.05, 0) is 37.0 Å². The van der Waals surface area contributed by atoms with E-state index in [0.717, 1.165) is 0 Å². The number of anilines is 1. The lowest BCUT2D eigenvalue weighted by Gasteiger charge is -2.12. The molecule has 1 aliphatic rings. The van der Waals surface area contributed by atoms with E-state index in [1.807, 2.05) is 0 Å². The van der Waals surface area contributed by atoms with Crippen molar-refractivity contribution in [2.45, 2.75) is 18.1 Å². The third-order valence-corrected chi connectivity index (χ3v) is 5.92. The largest absolute Gasteiger partial charge is 0.480 e. The van der Waals surface area contributed by atoms with Crippen molar-refractivity contribution in [3.8, 4) is 29.5 Å². The van der Waals surface area contributed by atoms with Gasteiger partial charge in [0.25, 0.3) is 0 Å². The van der Waals surface area contributed by atoms with E-state index in [0.29, 0.717) is 35.4 Å². The zero-order valence-corrected chi connectivity index (χ0v) is 14.7. The van der Waals surface area contributed by atoms with Gasteiger partial charge in [-0.15, -0.1) is 6.42 Å². The van der Waals surface area contributed by atoms with Crippen LogP contribution in [0, 0.1) is 12.3 Å². The van der Waals surface area contributed by atoms with E-state index in [-0.39, 0.29) is 16.8 Å². The number of rotatable bonds is 5. The number of nitrogens with one attached hydrogen (secondary N) is 1. The van der Waals surface area contributed by atoms with Crippen LogP contribution in [0.5, 0.6) is 5.88 Å². The summed E-state index contributed by atoms with van der Waals surface area (Å²) in [5, 5.41) is 4.12. The maximum Gasteiger partial charge on any atom is 0.238 e. The number of fused-ring (bicyclic) bond motifs is 1. The van der Waals surface area contributed by atoms with Gasteiger partial charge >= 0.3 is 0 Å². The van der Waals surface area contributed by atoms with Gasteiger partial charge in [0, 0.05) is 11.8 Å². The highest BCUT2D eigenvalue weighted by atomic mass is 32.2. The molecule has 3 heterocycles. The normalized spacial score (nSPS) is 14.2. The smallest absolute Gasteiger partial charge is 0.238 e. The van der Waals surface area contributed by atoms with Gasteiger partial charge in [-0.3, -0.25) is 4.72 Å². The van der Waals surface area contributed by atoms with Crippen LogP contribution in [0.2, 0.25) is 0 Å². The number of imidazole rings is 1. The van der Waals surface area contributed by atoms with Crippen LogP contribution in [-0.4, -0.2) is 40.4 Å². The van der Waals surface area contributed by atoms with Crippen LogP contribution < -0.4 is 9.46 Å². The number of pyridine rings is 1. The molecule has 0 bridgehead atoms. The molecule has 4 rings (SSSR count). The molecule has 0 aliphatic heterocycles. The van der Waals surface area contributed by atoms with Gasteiger partial charge in [0.2, 0.25) is 15.9 Å². The van der Waals surface area contributed by atoms with Crippen molar-refractivity contribution in [3.63, 3.8) is 0 Å². The maximum absolute atomic E-state index is 12.3. The summed E-state index contributed by atoms with van der Waals surface area (Å²) < 4.78 is 33.8. The van der Waals surface area contributed by atoms with Crippen LogP contribution in [0.15, 0.2) is 30.6 Å². The second-order valence-electron chi connectivity index (χ2n) is 5.90. The number of hydrogen-bond donors (Lipinski definition) is 1. The quantitative estimate of drug-likeness (QED) is 0.687. The molecule has 0 aromatic carbocycles. The highest BCUT2D eigenvalue weighted by Gasteiger charge is 2.36. The lowest BCUT2D eigenvalue weighted by molar-refractivity contribution is 0.400. The zero-order valence-electron chi connectivity index (χ0n) is 13.9. The molecule has 0 radical (unpaired) electrons. The summed E-state index contributed by atoms with van der Waals surface area (Å²) in [7, 11) is -2.00. The van der Waals surface area contributed by atoms with Crippen LogP contribution in [0.25, 0.3) is 16.9 Å². The number of aromatic nitrogens is 4. The van der Waals surface area contributed by atoms with Crippen molar-refractivity contribution in [2.75, 3.05) is 11.8 Å². The average molecular weight is 369 g/mol. The molecule has 3 aromatic rings. The van der Waals surface area contributed by atoms with Crippen LogP contribution in [0.3, 0.4) is 0 Å². The molecule has 1 fully saturated rings. The minimum atomic E-state index is -3.44. The second-order valence-corrected chi connectivity index (χ2v) is 7.86. The summed E-state index contributed by atoms with van der Waals surface area (Å²) in [6, 6.07) is 5.19. The van der Waals surface area contributed by atoms with E-state index < -0.39 is 10.0 Å². The van der Waals surface area contributed by atoms with Crippen LogP contribution in [0.1, 0.15) is 18.5 Å². The molecule has 132 valence electrons. The molecule has 0 amide bonds. The van der Waals surface area contributed by atoms with Gasteiger partial charge in [-0.2, -0.15) is 5.10 Å². The van der Waals surface area contributed by atoms with Gasteiger partial charge in [0.15, 0.2) is 5.65 Å². The number of sulfonamides is 1. The molecule has 3 aromatic heterocycles. The maximum atomic E-state index is 12.3. The molecule has 26 heavy (non-hydrogen) atoms. The Morgan fingerprint density at radius 2 is 2.12 bits per heavy atom. The van der Waals surface area contributed by atoms with E-state index in [1.165, 1.54) is 7.11 Å². The third kappa shape index (κ3) is 2.84. The first-order chi connectivity index (χ1) is 12.5. The summed E-state index contributed by atoms with van der Waals surface area (Å²) in [6.45, 7) is 0. The summed E-state index contributed by atoms with van der Waals surface area (Å²) in [4.78, 5) is 8.37. The molecule has 0 atom stereocenters. The average Bonchev–Trinajstić information content (AvgIpc) is 3.42. The van der Waals surface area contributed by atoms with Crippen molar-refractivity contribution in [1.29, 1.82) is 0 Å². The van der Waals surface area contributed by atoms with Crippen molar-refractivity contribution >= 4 is 21.4 Å². The Morgan fingerprint density at radius 1 is 1.31 bits per heavy atom. The number of ether oxygens (including phenoxy) is 1. The minimum absolute atomic E-state index is 0.200. The van der Waals surface area contributed by atoms with Gasteiger partial charge in [0.05, 0.1) is 24.3 Å². The lowest BCUT2D eigenvalue weighted by atomic mass is 10.2. The number of terminal acetylenes is 1. The van der Waals surface area contributed by atoms with Crippen molar-refractivity contribution in [3.05, 3.63) is 36.3 Å². The van der Waals surface area contributed by atoms with E-state index >= 15 is 0 Å². The monoisotopic (exact) mass is 369 g/mol. The van der Waals surface area contributed by atoms with Gasteiger partial charge in [-0.25, -0.2) is 22.9 Å². The fraction of sp³-hybridized carbons (Fsp3) is 0.235. The van der Waals surface area contributed by atoms with Gasteiger partial charge in [-0.1, -0.05) is 0 Å². The Labute approximate surface area is 150 Å². The summed E-state index contributed by atoms with van der Waals surface area (Å²) in [5.41, 5.74) is 2.63. The van der Waals surface area contributed by atoms with Crippen molar-refractivity contribution < 1.29 is 13.2 Å². The van der Waals surface area contributed by atoms with Crippen molar-refractivity contribution in [1.82, 2.24) is 19.6 Å². The Morgan fingerprint density at radius 3 is 2.81 bits per heavy atom. The molecule has 0 saturated heterocycles. The standard InChI is InChI=1S/C17H15N5O3S/c1-3-12-10-18-16-7-6-14(20-22(12)16)11-8-15(17(25-2)19-9-11)21-26(23,24)13-4-5-13/h1,6-10,13,21H,4-5H2,2H3. The Hall–Kier alpha value is -3.12. The molecule has 1 aliphatic carbocycles. The number of hydrogen-bond acceptors (Lipinski definition) is 6.